The molecule has 0 saturated carbocycles. The minimum atomic E-state index is -0.179. The van der Waals surface area contributed by atoms with Gasteiger partial charge >= 0.3 is 0 Å². The maximum atomic E-state index is 12.2. The first-order chi connectivity index (χ1) is 9.60. The fourth-order valence-corrected chi connectivity index (χ4v) is 1.73. The molecule has 2 rings (SSSR count). The summed E-state index contributed by atoms with van der Waals surface area (Å²) >= 11 is 0. The number of amides is 1. The zero-order valence-electron chi connectivity index (χ0n) is 11.4. The number of aromatic nitrogens is 2. The number of carbonyl (C=O) groups is 1. The van der Waals surface area contributed by atoms with Crippen LogP contribution >= 0.6 is 0 Å². The highest BCUT2D eigenvalue weighted by molar-refractivity contribution is 5.91. The predicted molar refractivity (Wildman–Crippen MR) is 73.7 cm³/mol. The Morgan fingerprint density at radius 3 is 2.50 bits per heavy atom. The summed E-state index contributed by atoms with van der Waals surface area (Å²) in [5.41, 5.74) is 2.66. The molecule has 0 spiro atoms. The second-order valence-electron chi connectivity index (χ2n) is 4.51. The first kappa shape index (κ1) is 13.7. The van der Waals surface area contributed by atoms with E-state index >= 15 is 0 Å². The van der Waals surface area contributed by atoms with Crippen LogP contribution in [0.15, 0.2) is 36.7 Å². The van der Waals surface area contributed by atoms with E-state index in [4.69, 9.17) is 5.26 Å². The van der Waals surface area contributed by atoms with Crippen LogP contribution in [0.3, 0.4) is 0 Å². The van der Waals surface area contributed by atoms with E-state index in [1.807, 2.05) is 19.1 Å². The van der Waals surface area contributed by atoms with Crippen molar-refractivity contribution < 1.29 is 4.79 Å². The van der Waals surface area contributed by atoms with E-state index in [1.54, 1.807) is 30.3 Å². The SMILES string of the molecule is Cc1cnc(C(=O)N(C)Cc2ccc(C#N)cc2)cn1. The summed E-state index contributed by atoms with van der Waals surface area (Å²) in [7, 11) is 1.71. The van der Waals surface area contributed by atoms with Crippen molar-refractivity contribution in [3.8, 4) is 6.07 Å². The molecule has 0 fully saturated rings. The van der Waals surface area contributed by atoms with Gasteiger partial charge in [0.2, 0.25) is 0 Å². The molecule has 20 heavy (non-hydrogen) atoms. The Morgan fingerprint density at radius 2 is 1.95 bits per heavy atom. The highest BCUT2D eigenvalue weighted by Crippen LogP contribution is 2.08. The molecule has 1 aromatic heterocycles. The lowest BCUT2D eigenvalue weighted by Crippen LogP contribution is -2.27. The number of hydrogen-bond donors (Lipinski definition) is 0. The van der Waals surface area contributed by atoms with Gasteiger partial charge in [0, 0.05) is 19.8 Å². The Hall–Kier alpha value is -2.74. The van der Waals surface area contributed by atoms with Crippen molar-refractivity contribution in [2.75, 3.05) is 7.05 Å². The summed E-state index contributed by atoms with van der Waals surface area (Å²) in [5.74, 6) is -0.179. The highest BCUT2D eigenvalue weighted by Gasteiger charge is 2.13. The quantitative estimate of drug-likeness (QED) is 0.851. The Labute approximate surface area is 117 Å². The smallest absolute Gasteiger partial charge is 0.274 e. The fourth-order valence-electron chi connectivity index (χ4n) is 1.73. The van der Waals surface area contributed by atoms with Crippen LogP contribution in [0.4, 0.5) is 0 Å². The third-order valence-corrected chi connectivity index (χ3v) is 2.85. The number of aryl methyl sites for hydroxylation is 1. The zero-order chi connectivity index (χ0) is 14.5. The van der Waals surface area contributed by atoms with Gasteiger partial charge in [0.15, 0.2) is 0 Å². The Bertz CT molecular complexity index is 641. The lowest BCUT2D eigenvalue weighted by Gasteiger charge is -2.16. The Balaban J connectivity index is 2.07. The third-order valence-electron chi connectivity index (χ3n) is 2.85. The van der Waals surface area contributed by atoms with E-state index in [0.717, 1.165) is 11.3 Å². The van der Waals surface area contributed by atoms with Gasteiger partial charge in [-0.25, -0.2) is 4.98 Å². The molecule has 0 aliphatic carbocycles. The van der Waals surface area contributed by atoms with Crippen molar-refractivity contribution in [2.45, 2.75) is 13.5 Å². The third kappa shape index (κ3) is 3.18. The summed E-state index contributed by atoms with van der Waals surface area (Å²) in [5, 5.41) is 8.74. The maximum absolute atomic E-state index is 12.2. The molecule has 0 bridgehead atoms. The standard InChI is InChI=1S/C15H14N4O/c1-11-8-18-14(9-17-11)15(20)19(2)10-13-5-3-12(7-16)4-6-13/h3-6,8-9H,10H2,1-2H3. The topological polar surface area (TPSA) is 69.9 Å². The number of nitriles is 1. The molecule has 0 radical (unpaired) electrons. The molecule has 5 nitrogen and oxygen atoms in total. The molecule has 0 aliphatic heterocycles. The van der Waals surface area contributed by atoms with Gasteiger partial charge in [-0.15, -0.1) is 0 Å². The van der Waals surface area contributed by atoms with Crippen molar-refractivity contribution in [3.63, 3.8) is 0 Å². The molecule has 1 heterocycles. The minimum Gasteiger partial charge on any atom is -0.336 e. The van der Waals surface area contributed by atoms with Crippen LogP contribution in [-0.4, -0.2) is 27.8 Å². The first-order valence-electron chi connectivity index (χ1n) is 6.13. The molecule has 0 atom stereocenters. The molecule has 0 aliphatic rings. The normalized spacial score (nSPS) is 9.85. The van der Waals surface area contributed by atoms with E-state index in [1.165, 1.54) is 6.20 Å². The second-order valence-corrected chi connectivity index (χ2v) is 4.51. The monoisotopic (exact) mass is 266 g/mol. The van der Waals surface area contributed by atoms with Crippen molar-refractivity contribution in [1.29, 1.82) is 5.26 Å². The van der Waals surface area contributed by atoms with Crippen molar-refractivity contribution in [3.05, 3.63) is 59.2 Å². The lowest BCUT2D eigenvalue weighted by atomic mass is 10.1. The van der Waals surface area contributed by atoms with E-state index in [9.17, 15) is 4.79 Å². The van der Waals surface area contributed by atoms with Crippen LogP contribution in [0.1, 0.15) is 27.3 Å². The van der Waals surface area contributed by atoms with Crippen LogP contribution in [0, 0.1) is 18.3 Å². The van der Waals surface area contributed by atoms with E-state index in [0.29, 0.717) is 17.8 Å². The average Bonchev–Trinajstić information content (AvgIpc) is 2.48. The Morgan fingerprint density at radius 1 is 1.25 bits per heavy atom. The number of carbonyl (C=O) groups excluding carboxylic acids is 1. The molecule has 0 unspecified atom stereocenters. The molecule has 100 valence electrons. The van der Waals surface area contributed by atoms with E-state index in [2.05, 4.69) is 16.0 Å². The molecule has 2 aromatic rings. The Kier molecular flexibility index (Phi) is 4.06. The highest BCUT2D eigenvalue weighted by atomic mass is 16.2. The largest absolute Gasteiger partial charge is 0.336 e. The van der Waals surface area contributed by atoms with E-state index in [-0.39, 0.29) is 5.91 Å². The van der Waals surface area contributed by atoms with Crippen molar-refractivity contribution in [2.24, 2.45) is 0 Å². The van der Waals surface area contributed by atoms with Gasteiger partial charge in [-0.1, -0.05) is 12.1 Å². The van der Waals surface area contributed by atoms with Crippen LogP contribution < -0.4 is 0 Å². The van der Waals surface area contributed by atoms with Gasteiger partial charge in [-0.05, 0) is 24.6 Å². The molecule has 1 aromatic carbocycles. The van der Waals surface area contributed by atoms with Gasteiger partial charge in [0.25, 0.3) is 5.91 Å². The van der Waals surface area contributed by atoms with Crippen LogP contribution in [0.2, 0.25) is 0 Å². The van der Waals surface area contributed by atoms with Crippen molar-refractivity contribution in [1.82, 2.24) is 14.9 Å². The molecule has 0 saturated heterocycles. The average molecular weight is 266 g/mol. The zero-order valence-corrected chi connectivity index (χ0v) is 11.4. The number of nitrogens with zero attached hydrogens (tertiary/aromatic N) is 4. The molecule has 0 N–H and O–H groups in total. The second kappa shape index (κ2) is 5.93. The summed E-state index contributed by atoms with van der Waals surface area (Å²) in [4.78, 5) is 21.9. The van der Waals surface area contributed by atoms with Crippen LogP contribution in [0.5, 0.6) is 0 Å². The first-order valence-corrected chi connectivity index (χ1v) is 6.13. The lowest BCUT2D eigenvalue weighted by molar-refractivity contribution is 0.0779. The predicted octanol–water partition coefficient (Wildman–Crippen LogP) is 1.93. The van der Waals surface area contributed by atoms with Crippen molar-refractivity contribution >= 4 is 5.91 Å². The minimum absolute atomic E-state index is 0.179. The number of benzene rings is 1. The van der Waals surface area contributed by atoms with Gasteiger partial charge < -0.3 is 4.90 Å². The molecular weight excluding hydrogens is 252 g/mol. The number of rotatable bonds is 3. The van der Waals surface area contributed by atoms with E-state index < -0.39 is 0 Å². The summed E-state index contributed by atoms with van der Waals surface area (Å²) in [6.07, 6.45) is 3.05. The summed E-state index contributed by atoms with van der Waals surface area (Å²) in [6.45, 7) is 2.28. The molecule has 5 heteroatoms. The maximum Gasteiger partial charge on any atom is 0.274 e. The summed E-state index contributed by atoms with van der Waals surface area (Å²) in [6, 6.07) is 9.21. The number of hydrogen-bond acceptors (Lipinski definition) is 4. The summed E-state index contributed by atoms with van der Waals surface area (Å²) < 4.78 is 0. The van der Waals surface area contributed by atoms with Gasteiger partial charge in [0.05, 0.1) is 23.5 Å². The van der Waals surface area contributed by atoms with Gasteiger partial charge in [-0.2, -0.15) is 5.26 Å². The van der Waals surface area contributed by atoms with Crippen LogP contribution in [0.25, 0.3) is 0 Å². The molecule has 1 amide bonds. The van der Waals surface area contributed by atoms with Gasteiger partial charge in [0.1, 0.15) is 5.69 Å². The van der Waals surface area contributed by atoms with Crippen LogP contribution in [-0.2, 0) is 6.54 Å². The molecular formula is C15H14N4O. The fraction of sp³-hybridized carbons (Fsp3) is 0.200. The van der Waals surface area contributed by atoms with Gasteiger partial charge in [-0.3, -0.25) is 9.78 Å².